The Labute approximate surface area is 180 Å². The molecule has 6 heteroatoms. The Kier molecular flexibility index (Phi) is 5.77. The van der Waals surface area contributed by atoms with Crippen LogP contribution < -0.4 is 15.0 Å². The summed E-state index contributed by atoms with van der Waals surface area (Å²) in [6.07, 6.45) is 3.60. The fraction of sp³-hybridized carbons (Fsp3) is 0.280. The van der Waals surface area contributed by atoms with Gasteiger partial charge in [0.2, 0.25) is 0 Å². The third kappa shape index (κ3) is 4.77. The summed E-state index contributed by atoms with van der Waals surface area (Å²) in [4.78, 5) is 12.8. The minimum Gasteiger partial charge on any atom is -0.618 e. The Morgan fingerprint density at radius 1 is 1.26 bits per heavy atom. The molecule has 1 atom stereocenters. The minimum absolute atomic E-state index is 0.137. The van der Waals surface area contributed by atoms with Gasteiger partial charge in [-0.2, -0.15) is 9.12 Å². The summed E-state index contributed by atoms with van der Waals surface area (Å²) in [6, 6.07) is 13.3. The molecule has 5 nitrogen and oxygen atoms in total. The highest BCUT2D eigenvalue weighted by atomic mass is 19.1. The molecule has 3 aromatic rings. The van der Waals surface area contributed by atoms with Gasteiger partial charge in [-0.15, -0.1) is 0 Å². The molecule has 1 aliphatic rings. The van der Waals surface area contributed by atoms with E-state index in [4.69, 9.17) is 4.74 Å². The maximum absolute atomic E-state index is 13.8. The van der Waals surface area contributed by atoms with Crippen LogP contribution in [-0.4, -0.2) is 4.57 Å². The van der Waals surface area contributed by atoms with Crippen LogP contribution in [0.25, 0.3) is 0 Å². The first-order valence-electron chi connectivity index (χ1n) is 10.3. The molecule has 0 spiro atoms. The highest BCUT2D eigenvalue weighted by molar-refractivity contribution is 5.38. The molecule has 0 amide bonds. The zero-order chi connectivity index (χ0) is 22.0. The van der Waals surface area contributed by atoms with Gasteiger partial charge in [0, 0.05) is 29.3 Å². The number of nitrogens with zero attached hydrogens (tertiary/aromatic N) is 2. The molecule has 0 aliphatic heterocycles. The van der Waals surface area contributed by atoms with Crippen LogP contribution in [0.5, 0.6) is 5.75 Å². The van der Waals surface area contributed by atoms with E-state index in [1.807, 2.05) is 38.1 Å². The zero-order valence-electron chi connectivity index (χ0n) is 17.5. The van der Waals surface area contributed by atoms with Crippen LogP contribution in [0, 0.1) is 35.7 Å². The molecular formula is C25H23FN2O3. The van der Waals surface area contributed by atoms with E-state index in [-0.39, 0.29) is 23.9 Å². The second-order valence-corrected chi connectivity index (χ2v) is 7.80. The number of pyridine rings is 2. The van der Waals surface area contributed by atoms with E-state index in [0.29, 0.717) is 22.1 Å². The maximum Gasteiger partial charge on any atom is 0.266 e. The Hall–Kier alpha value is -3.59. The predicted octanol–water partition coefficient (Wildman–Crippen LogP) is 3.88. The summed E-state index contributed by atoms with van der Waals surface area (Å²) in [5.41, 5.74) is 2.30. The van der Waals surface area contributed by atoms with E-state index in [1.165, 1.54) is 37.2 Å². The smallest absolute Gasteiger partial charge is 0.266 e. The van der Waals surface area contributed by atoms with Crippen molar-refractivity contribution in [2.75, 3.05) is 0 Å². The van der Waals surface area contributed by atoms with Crippen molar-refractivity contribution in [1.82, 2.24) is 4.57 Å². The first-order chi connectivity index (χ1) is 14.9. The van der Waals surface area contributed by atoms with Crippen LogP contribution in [-0.2, 0) is 6.61 Å². The molecule has 31 heavy (non-hydrogen) atoms. The molecule has 0 N–H and O–H groups in total. The average Bonchev–Trinajstić information content (AvgIpc) is 3.56. The number of aromatic nitrogens is 2. The lowest BCUT2D eigenvalue weighted by Gasteiger charge is -2.19. The summed E-state index contributed by atoms with van der Waals surface area (Å²) in [6.45, 7) is 3.51. The molecule has 0 saturated heterocycles. The summed E-state index contributed by atoms with van der Waals surface area (Å²) in [5.74, 6) is 6.63. The number of rotatable bonds is 5. The van der Waals surface area contributed by atoms with Gasteiger partial charge in [-0.1, -0.05) is 24.0 Å². The molecule has 2 aromatic heterocycles. The monoisotopic (exact) mass is 418 g/mol. The zero-order valence-corrected chi connectivity index (χ0v) is 17.5. The van der Waals surface area contributed by atoms with Gasteiger partial charge in [0.25, 0.3) is 11.3 Å². The van der Waals surface area contributed by atoms with Gasteiger partial charge in [-0.25, -0.2) is 0 Å². The standard InChI is InChI=1S/C25H23FN2O3/c1-17-14-22(31-16-24-23(26)4-3-13-27(24)30)15-25(29)28(17)18(2)21-11-9-20(10-12-21)8-7-19-5-6-19/h3-4,9-15,18-19H,5-6,16H2,1-2H3/t18-/m1/s1. The predicted molar refractivity (Wildman–Crippen MR) is 115 cm³/mol. The third-order valence-electron chi connectivity index (χ3n) is 5.39. The van der Waals surface area contributed by atoms with Gasteiger partial charge in [0.05, 0.1) is 6.04 Å². The van der Waals surface area contributed by atoms with E-state index < -0.39 is 5.82 Å². The molecule has 4 rings (SSSR count). The van der Waals surface area contributed by atoms with Crippen molar-refractivity contribution in [3.05, 3.63) is 98.6 Å². The van der Waals surface area contributed by atoms with Gasteiger partial charge in [-0.3, -0.25) is 4.79 Å². The molecule has 0 radical (unpaired) electrons. The number of ether oxygens (including phenoxy) is 1. The van der Waals surface area contributed by atoms with Crippen molar-refractivity contribution in [1.29, 1.82) is 0 Å². The number of hydrogen-bond donors (Lipinski definition) is 0. The summed E-state index contributed by atoms with van der Waals surface area (Å²) in [7, 11) is 0. The van der Waals surface area contributed by atoms with E-state index in [9.17, 15) is 14.4 Å². The topological polar surface area (TPSA) is 58.2 Å². The van der Waals surface area contributed by atoms with Crippen molar-refractivity contribution >= 4 is 0 Å². The second kappa shape index (κ2) is 8.65. The molecular weight excluding hydrogens is 395 g/mol. The molecule has 1 aliphatic carbocycles. The highest BCUT2D eigenvalue weighted by Gasteiger charge is 2.18. The summed E-state index contributed by atoms with van der Waals surface area (Å²) in [5, 5.41) is 11.7. The summed E-state index contributed by atoms with van der Waals surface area (Å²) >= 11 is 0. The van der Waals surface area contributed by atoms with Crippen molar-refractivity contribution in [3.63, 3.8) is 0 Å². The van der Waals surface area contributed by atoms with Crippen LogP contribution in [0.4, 0.5) is 4.39 Å². The van der Waals surface area contributed by atoms with E-state index in [2.05, 4.69) is 11.8 Å². The largest absolute Gasteiger partial charge is 0.618 e. The second-order valence-electron chi connectivity index (χ2n) is 7.80. The maximum atomic E-state index is 13.8. The molecule has 1 fully saturated rings. The van der Waals surface area contributed by atoms with E-state index in [1.54, 1.807) is 10.6 Å². The van der Waals surface area contributed by atoms with Crippen molar-refractivity contribution in [2.45, 2.75) is 39.3 Å². The molecule has 0 unspecified atom stereocenters. The van der Waals surface area contributed by atoms with Gasteiger partial charge >= 0.3 is 0 Å². The van der Waals surface area contributed by atoms with Crippen LogP contribution in [0.1, 0.15) is 48.3 Å². The Morgan fingerprint density at radius 3 is 2.65 bits per heavy atom. The van der Waals surface area contributed by atoms with E-state index in [0.717, 1.165) is 11.1 Å². The normalized spacial score (nSPS) is 13.9. The number of aryl methyl sites for hydroxylation is 1. The number of halogens is 1. The SMILES string of the molecule is Cc1cc(OCc2c(F)ccc[n+]2[O-])cc(=O)n1[C@H](C)c1ccc(C#CC2CC2)cc1. The minimum atomic E-state index is -0.651. The number of benzene rings is 1. The van der Waals surface area contributed by atoms with Gasteiger partial charge in [-0.05, 0) is 56.5 Å². The summed E-state index contributed by atoms with van der Waals surface area (Å²) < 4.78 is 21.4. The number of hydrogen-bond acceptors (Lipinski definition) is 3. The quantitative estimate of drug-likeness (QED) is 0.359. The Balaban J connectivity index is 1.51. The van der Waals surface area contributed by atoms with Crippen LogP contribution >= 0.6 is 0 Å². The lowest BCUT2D eigenvalue weighted by atomic mass is 10.1. The van der Waals surface area contributed by atoms with Gasteiger partial charge in [0.1, 0.15) is 5.75 Å². The molecule has 1 saturated carbocycles. The average molecular weight is 418 g/mol. The van der Waals surface area contributed by atoms with Crippen LogP contribution in [0.3, 0.4) is 0 Å². The third-order valence-corrected chi connectivity index (χ3v) is 5.39. The van der Waals surface area contributed by atoms with Gasteiger partial charge in [0.15, 0.2) is 18.6 Å². The molecule has 2 heterocycles. The van der Waals surface area contributed by atoms with Crippen molar-refractivity contribution in [2.24, 2.45) is 5.92 Å². The van der Waals surface area contributed by atoms with Crippen LogP contribution in [0.15, 0.2) is 59.5 Å². The van der Waals surface area contributed by atoms with Gasteiger partial charge < -0.3 is 14.5 Å². The molecule has 158 valence electrons. The van der Waals surface area contributed by atoms with Crippen molar-refractivity contribution in [3.8, 4) is 17.6 Å². The first-order valence-corrected chi connectivity index (χ1v) is 10.3. The lowest BCUT2D eigenvalue weighted by molar-refractivity contribution is -0.617. The Bertz CT molecular complexity index is 1200. The molecule has 0 bridgehead atoms. The van der Waals surface area contributed by atoms with E-state index >= 15 is 0 Å². The van der Waals surface area contributed by atoms with Crippen molar-refractivity contribution < 1.29 is 13.9 Å². The lowest BCUT2D eigenvalue weighted by Crippen LogP contribution is -2.33. The van der Waals surface area contributed by atoms with Crippen LogP contribution in [0.2, 0.25) is 0 Å². The Morgan fingerprint density at radius 2 is 2.00 bits per heavy atom. The fourth-order valence-corrected chi connectivity index (χ4v) is 3.45. The highest BCUT2D eigenvalue weighted by Crippen LogP contribution is 2.27. The first kappa shape index (κ1) is 20.7. The fourth-order valence-electron chi connectivity index (χ4n) is 3.45. The molecule has 1 aromatic carbocycles.